The third kappa shape index (κ3) is 2.25. The second-order valence-corrected chi connectivity index (χ2v) is 3.68. The van der Waals surface area contributed by atoms with E-state index >= 15 is 0 Å². The third-order valence-corrected chi connectivity index (χ3v) is 2.34. The van der Waals surface area contributed by atoms with E-state index in [1.54, 1.807) is 19.1 Å². The summed E-state index contributed by atoms with van der Waals surface area (Å²) in [7, 11) is 0. The maximum Gasteiger partial charge on any atom is 0.343 e. The molecule has 2 aromatic heterocycles. The second kappa shape index (κ2) is 5.01. The summed E-state index contributed by atoms with van der Waals surface area (Å²) in [5, 5.41) is 11.7. The average Bonchev–Trinajstić information content (AvgIpc) is 2.73. The van der Waals surface area contributed by atoms with Gasteiger partial charge in [-0.1, -0.05) is 11.6 Å². The van der Waals surface area contributed by atoms with Crippen LogP contribution in [-0.2, 0) is 4.74 Å². The lowest BCUT2D eigenvalue weighted by Crippen LogP contribution is -2.09. The minimum atomic E-state index is -0.525. The molecule has 8 heteroatoms. The molecule has 2 N–H and O–H groups in total. The van der Waals surface area contributed by atoms with Crippen LogP contribution in [0.5, 0.6) is 0 Å². The van der Waals surface area contributed by atoms with Crippen LogP contribution in [0.3, 0.4) is 0 Å². The molecule has 0 aliphatic rings. The Balaban J connectivity index is 2.36. The molecule has 2 aromatic rings. The van der Waals surface area contributed by atoms with Crippen molar-refractivity contribution >= 4 is 23.4 Å². The number of ether oxygens (including phenoxy) is 1. The van der Waals surface area contributed by atoms with Crippen LogP contribution >= 0.6 is 11.6 Å². The standard InChI is InChI=1S/C10H10ClN5O2/c1-2-18-10(17)6-5-13-16(9(6)12)8-4-3-7(11)14-15-8/h3-5H,2,12H2,1H3. The minimum Gasteiger partial charge on any atom is -0.462 e. The van der Waals surface area contributed by atoms with Gasteiger partial charge in [0.2, 0.25) is 0 Å². The van der Waals surface area contributed by atoms with Crippen LogP contribution in [-0.4, -0.2) is 32.6 Å². The lowest BCUT2D eigenvalue weighted by Gasteiger charge is -2.03. The van der Waals surface area contributed by atoms with Crippen LogP contribution in [0, 0.1) is 0 Å². The molecule has 0 fully saturated rings. The summed E-state index contributed by atoms with van der Waals surface area (Å²) in [5.41, 5.74) is 5.99. The van der Waals surface area contributed by atoms with Crippen LogP contribution in [0.4, 0.5) is 5.82 Å². The number of nitrogens with two attached hydrogens (primary N) is 1. The maximum absolute atomic E-state index is 11.6. The van der Waals surface area contributed by atoms with Gasteiger partial charge in [-0.25, -0.2) is 4.79 Å². The number of esters is 1. The molecule has 7 nitrogen and oxygen atoms in total. The Morgan fingerprint density at radius 1 is 1.50 bits per heavy atom. The van der Waals surface area contributed by atoms with E-state index in [1.807, 2.05) is 0 Å². The number of anilines is 1. The number of rotatable bonds is 3. The molecular weight excluding hydrogens is 258 g/mol. The zero-order chi connectivity index (χ0) is 13.1. The lowest BCUT2D eigenvalue weighted by molar-refractivity contribution is 0.0527. The molecule has 0 aliphatic carbocycles. The highest BCUT2D eigenvalue weighted by atomic mass is 35.5. The zero-order valence-corrected chi connectivity index (χ0v) is 10.3. The molecule has 2 heterocycles. The Bertz CT molecular complexity index is 566. The Morgan fingerprint density at radius 2 is 2.28 bits per heavy atom. The van der Waals surface area contributed by atoms with Crippen LogP contribution < -0.4 is 5.73 Å². The van der Waals surface area contributed by atoms with Gasteiger partial charge in [0.15, 0.2) is 11.0 Å². The Labute approximate surface area is 108 Å². The van der Waals surface area contributed by atoms with Crippen molar-refractivity contribution in [3.63, 3.8) is 0 Å². The number of hydrogen-bond acceptors (Lipinski definition) is 6. The lowest BCUT2D eigenvalue weighted by atomic mass is 10.3. The topological polar surface area (TPSA) is 95.9 Å². The van der Waals surface area contributed by atoms with Gasteiger partial charge in [0.05, 0.1) is 12.8 Å². The highest BCUT2D eigenvalue weighted by Gasteiger charge is 2.17. The van der Waals surface area contributed by atoms with E-state index < -0.39 is 5.97 Å². The monoisotopic (exact) mass is 267 g/mol. The Morgan fingerprint density at radius 3 is 2.89 bits per heavy atom. The van der Waals surface area contributed by atoms with E-state index in [1.165, 1.54) is 10.9 Å². The smallest absolute Gasteiger partial charge is 0.343 e. The molecule has 18 heavy (non-hydrogen) atoms. The molecule has 0 unspecified atom stereocenters. The fraction of sp³-hybridized carbons (Fsp3) is 0.200. The van der Waals surface area contributed by atoms with E-state index in [0.717, 1.165) is 0 Å². The summed E-state index contributed by atoms with van der Waals surface area (Å²) >= 11 is 5.63. The number of nitrogens with zero attached hydrogens (tertiary/aromatic N) is 4. The molecule has 0 atom stereocenters. The highest BCUT2D eigenvalue weighted by molar-refractivity contribution is 6.29. The quantitative estimate of drug-likeness (QED) is 0.836. The average molecular weight is 268 g/mol. The van der Waals surface area contributed by atoms with Gasteiger partial charge in [0.25, 0.3) is 0 Å². The van der Waals surface area contributed by atoms with Crippen molar-refractivity contribution < 1.29 is 9.53 Å². The van der Waals surface area contributed by atoms with Gasteiger partial charge in [0, 0.05) is 0 Å². The van der Waals surface area contributed by atoms with Crippen LogP contribution in [0.1, 0.15) is 17.3 Å². The number of carbonyl (C=O) groups excluding carboxylic acids is 1. The first-order valence-electron chi connectivity index (χ1n) is 5.13. The van der Waals surface area contributed by atoms with E-state index in [-0.39, 0.29) is 23.1 Å². The van der Waals surface area contributed by atoms with Gasteiger partial charge in [0.1, 0.15) is 11.4 Å². The number of hydrogen-bond donors (Lipinski definition) is 1. The maximum atomic E-state index is 11.6. The van der Waals surface area contributed by atoms with E-state index in [4.69, 9.17) is 22.1 Å². The fourth-order valence-corrected chi connectivity index (χ4v) is 1.43. The van der Waals surface area contributed by atoms with Gasteiger partial charge in [-0.15, -0.1) is 10.2 Å². The predicted molar refractivity (Wildman–Crippen MR) is 64.5 cm³/mol. The first kappa shape index (κ1) is 12.3. The molecular formula is C10H10ClN5O2. The third-order valence-electron chi connectivity index (χ3n) is 2.14. The summed E-state index contributed by atoms with van der Waals surface area (Å²) in [4.78, 5) is 11.6. The zero-order valence-electron chi connectivity index (χ0n) is 9.50. The van der Waals surface area contributed by atoms with Crippen molar-refractivity contribution in [1.29, 1.82) is 0 Å². The molecule has 0 amide bonds. The van der Waals surface area contributed by atoms with Crippen molar-refractivity contribution in [3.05, 3.63) is 29.0 Å². The van der Waals surface area contributed by atoms with Gasteiger partial charge in [-0.2, -0.15) is 9.78 Å². The van der Waals surface area contributed by atoms with Crippen LogP contribution in [0.25, 0.3) is 5.82 Å². The number of carbonyl (C=O) groups is 1. The van der Waals surface area contributed by atoms with Gasteiger partial charge < -0.3 is 10.5 Å². The molecule has 0 aliphatic heterocycles. The molecule has 0 bridgehead atoms. The van der Waals surface area contributed by atoms with Gasteiger partial charge in [-0.05, 0) is 19.1 Å². The number of halogens is 1. The van der Waals surface area contributed by atoms with Crippen molar-refractivity contribution in [3.8, 4) is 5.82 Å². The van der Waals surface area contributed by atoms with Crippen LogP contribution in [0.2, 0.25) is 5.15 Å². The number of nitrogen functional groups attached to an aromatic ring is 1. The summed E-state index contributed by atoms with van der Waals surface area (Å²) in [6.07, 6.45) is 1.32. The van der Waals surface area contributed by atoms with Gasteiger partial charge in [-0.3, -0.25) is 0 Å². The fourth-order valence-electron chi connectivity index (χ4n) is 1.33. The molecule has 0 saturated heterocycles. The highest BCUT2D eigenvalue weighted by Crippen LogP contribution is 2.16. The first-order valence-corrected chi connectivity index (χ1v) is 5.51. The molecule has 0 aromatic carbocycles. The summed E-state index contributed by atoms with van der Waals surface area (Å²) in [6.45, 7) is 1.98. The van der Waals surface area contributed by atoms with Gasteiger partial charge >= 0.3 is 5.97 Å². The van der Waals surface area contributed by atoms with E-state index in [0.29, 0.717) is 5.82 Å². The SMILES string of the molecule is CCOC(=O)c1cnn(-c2ccc(Cl)nn2)c1N. The largest absolute Gasteiger partial charge is 0.462 e. The normalized spacial score (nSPS) is 10.3. The molecule has 94 valence electrons. The summed E-state index contributed by atoms with van der Waals surface area (Å²) in [6, 6.07) is 3.14. The van der Waals surface area contributed by atoms with Crippen molar-refractivity contribution in [2.45, 2.75) is 6.92 Å². The van der Waals surface area contributed by atoms with Crippen molar-refractivity contribution in [2.24, 2.45) is 0 Å². The van der Waals surface area contributed by atoms with Crippen molar-refractivity contribution in [1.82, 2.24) is 20.0 Å². The summed E-state index contributed by atoms with van der Waals surface area (Å²) in [5.74, 6) is -0.0132. The summed E-state index contributed by atoms with van der Waals surface area (Å²) < 4.78 is 6.13. The molecule has 0 spiro atoms. The molecule has 0 saturated carbocycles. The van der Waals surface area contributed by atoms with Crippen LogP contribution in [0.15, 0.2) is 18.3 Å². The Hall–Kier alpha value is -2.15. The number of aromatic nitrogens is 4. The predicted octanol–water partition coefficient (Wildman–Crippen LogP) is 1.07. The minimum absolute atomic E-state index is 0.144. The van der Waals surface area contributed by atoms with Crippen molar-refractivity contribution in [2.75, 3.05) is 12.3 Å². The second-order valence-electron chi connectivity index (χ2n) is 3.29. The van der Waals surface area contributed by atoms with E-state index in [9.17, 15) is 4.79 Å². The Kier molecular flexibility index (Phi) is 3.42. The molecule has 2 rings (SSSR count). The van der Waals surface area contributed by atoms with E-state index in [2.05, 4.69) is 15.3 Å². The molecule has 0 radical (unpaired) electrons. The first-order chi connectivity index (χ1) is 8.63.